The van der Waals surface area contributed by atoms with Crippen LogP contribution < -0.4 is 4.74 Å². The lowest BCUT2D eigenvalue weighted by molar-refractivity contribution is 0.397. The van der Waals surface area contributed by atoms with Gasteiger partial charge in [0.1, 0.15) is 0 Å². The van der Waals surface area contributed by atoms with Gasteiger partial charge in [-0.15, -0.1) is 0 Å². The normalized spacial score (nSPS) is 9.40. The summed E-state index contributed by atoms with van der Waals surface area (Å²) in [5.41, 5.74) is 1.26. The number of methoxy groups -OCH3 is 1. The Morgan fingerprint density at radius 3 is 3.00 bits per heavy atom. The summed E-state index contributed by atoms with van der Waals surface area (Å²) in [7, 11) is 1.63. The van der Waals surface area contributed by atoms with Crippen LogP contribution in [-0.4, -0.2) is 12.1 Å². The minimum atomic E-state index is 0.694. The molecule has 0 aromatic carbocycles. The van der Waals surface area contributed by atoms with Gasteiger partial charge >= 0.3 is 0 Å². The molecule has 0 saturated heterocycles. The number of hydrogen-bond donors (Lipinski definition) is 0. The van der Waals surface area contributed by atoms with Crippen LogP contribution in [0.15, 0.2) is 18.3 Å². The fourth-order valence-electron chi connectivity index (χ4n) is 0.782. The topological polar surface area (TPSA) is 22.1 Å². The summed E-state index contributed by atoms with van der Waals surface area (Å²) in [5.74, 6) is 0.694. The standard InChI is InChI=1S/C8H11NO/c1-3-7-4-5-9-8(6-7)10-2/h4-6H,3H2,1-2H3. The number of aryl methyl sites for hydroxylation is 1. The van der Waals surface area contributed by atoms with Gasteiger partial charge in [0.2, 0.25) is 5.88 Å². The first-order chi connectivity index (χ1) is 4.86. The second-order valence-corrected chi connectivity index (χ2v) is 2.06. The first kappa shape index (κ1) is 7.06. The number of aromatic nitrogens is 1. The van der Waals surface area contributed by atoms with Gasteiger partial charge in [0, 0.05) is 12.3 Å². The van der Waals surface area contributed by atoms with Gasteiger partial charge < -0.3 is 4.74 Å². The number of ether oxygens (including phenoxy) is 1. The van der Waals surface area contributed by atoms with E-state index in [9.17, 15) is 0 Å². The average molecular weight is 137 g/mol. The molecule has 0 radical (unpaired) electrons. The van der Waals surface area contributed by atoms with Gasteiger partial charge in [-0.3, -0.25) is 0 Å². The summed E-state index contributed by atoms with van der Waals surface area (Å²) in [6.45, 7) is 2.11. The van der Waals surface area contributed by atoms with Crippen LogP contribution in [0.5, 0.6) is 5.88 Å². The van der Waals surface area contributed by atoms with E-state index in [1.54, 1.807) is 13.3 Å². The molecule has 54 valence electrons. The van der Waals surface area contributed by atoms with Crippen molar-refractivity contribution < 1.29 is 4.74 Å². The van der Waals surface area contributed by atoms with E-state index in [4.69, 9.17) is 4.74 Å². The van der Waals surface area contributed by atoms with Crippen molar-refractivity contribution in [3.63, 3.8) is 0 Å². The molecule has 0 saturated carbocycles. The van der Waals surface area contributed by atoms with E-state index >= 15 is 0 Å². The molecule has 1 aromatic rings. The summed E-state index contributed by atoms with van der Waals surface area (Å²) in [6.07, 6.45) is 2.79. The fourth-order valence-corrected chi connectivity index (χ4v) is 0.782. The minimum Gasteiger partial charge on any atom is -0.481 e. The zero-order chi connectivity index (χ0) is 7.40. The number of nitrogens with zero attached hydrogens (tertiary/aromatic N) is 1. The quantitative estimate of drug-likeness (QED) is 0.618. The van der Waals surface area contributed by atoms with Crippen LogP contribution in [-0.2, 0) is 6.42 Å². The molecular formula is C8H11NO. The van der Waals surface area contributed by atoms with Crippen molar-refractivity contribution in [2.75, 3.05) is 7.11 Å². The van der Waals surface area contributed by atoms with Gasteiger partial charge in [-0.2, -0.15) is 0 Å². The highest BCUT2D eigenvalue weighted by Crippen LogP contribution is 2.07. The average Bonchev–Trinajstić information content (AvgIpc) is 2.05. The Morgan fingerprint density at radius 2 is 2.40 bits per heavy atom. The molecule has 0 fully saturated rings. The number of hydrogen-bond acceptors (Lipinski definition) is 2. The van der Waals surface area contributed by atoms with E-state index in [2.05, 4.69) is 11.9 Å². The molecule has 0 aliphatic carbocycles. The molecule has 0 spiro atoms. The van der Waals surface area contributed by atoms with Gasteiger partial charge in [0.05, 0.1) is 7.11 Å². The van der Waals surface area contributed by atoms with Crippen molar-refractivity contribution in [2.24, 2.45) is 0 Å². The van der Waals surface area contributed by atoms with Crippen LogP contribution in [0.25, 0.3) is 0 Å². The lowest BCUT2D eigenvalue weighted by Crippen LogP contribution is -1.88. The van der Waals surface area contributed by atoms with Crippen LogP contribution >= 0.6 is 0 Å². The molecule has 2 nitrogen and oxygen atoms in total. The van der Waals surface area contributed by atoms with Crippen molar-refractivity contribution in [1.29, 1.82) is 0 Å². The summed E-state index contributed by atoms with van der Waals surface area (Å²) >= 11 is 0. The van der Waals surface area contributed by atoms with E-state index in [1.165, 1.54) is 5.56 Å². The largest absolute Gasteiger partial charge is 0.481 e. The first-order valence-electron chi connectivity index (χ1n) is 3.35. The van der Waals surface area contributed by atoms with Crippen LogP contribution in [0.3, 0.4) is 0 Å². The molecule has 0 amide bonds. The zero-order valence-electron chi connectivity index (χ0n) is 6.29. The highest BCUT2D eigenvalue weighted by Gasteiger charge is 1.91. The van der Waals surface area contributed by atoms with Crippen LogP contribution in [0.1, 0.15) is 12.5 Å². The third-order valence-electron chi connectivity index (χ3n) is 1.42. The monoisotopic (exact) mass is 137 g/mol. The molecule has 2 heteroatoms. The SMILES string of the molecule is CCc1ccnc(OC)c1. The van der Waals surface area contributed by atoms with Crippen molar-refractivity contribution >= 4 is 0 Å². The highest BCUT2D eigenvalue weighted by atomic mass is 16.5. The van der Waals surface area contributed by atoms with E-state index in [-0.39, 0.29) is 0 Å². The van der Waals surface area contributed by atoms with Crippen molar-refractivity contribution in [2.45, 2.75) is 13.3 Å². The zero-order valence-corrected chi connectivity index (χ0v) is 6.29. The Labute approximate surface area is 60.9 Å². The van der Waals surface area contributed by atoms with Crippen LogP contribution in [0, 0.1) is 0 Å². The number of rotatable bonds is 2. The maximum Gasteiger partial charge on any atom is 0.213 e. The molecular weight excluding hydrogens is 126 g/mol. The molecule has 0 aliphatic rings. The molecule has 0 unspecified atom stereocenters. The van der Waals surface area contributed by atoms with Crippen molar-refractivity contribution in [3.05, 3.63) is 23.9 Å². The lowest BCUT2D eigenvalue weighted by Gasteiger charge is -1.98. The van der Waals surface area contributed by atoms with E-state index in [1.807, 2.05) is 12.1 Å². The Balaban J connectivity index is 2.87. The second kappa shape index (κ2) is 3.20. The van der Waals surface area contributed by atoms with Gasteiger partial charge in [-0.1, -0.05) is 6.92 Å². The van der Waals surface area contributed by atoms with Crippen molar-refractivity contribution in [3.8, 4) is 5.88 Å². The molecule has 10 heavy (non-hydrogen) atoms. The summed E-state index contributed by atoms with van der Waals surface area (Å²) in [5, 5.41) is 0. The Hall–Kier alpha value is -1.05. The predicted molar refractivity (Wildman–Crippen MR) is 40.2 cm³/mol. The van der Waals surface area contributed by atoms with Gasteiger partial charge in [-0.05, 0) is 18.1 Å². The minimum absolute atomic E-state index is 0.694. The molecule has 1 heterocycles. The molecule has 0 N–H and O–H groups in total. The molecule has 1 rings (SSSR count). The van der Waals surface area contributed by atoms with Crippen LogP contribution in [0.2, 0.25) is 0 Å². The van der Waals surface area contributed by atoms with Gasteiger partial charge in [-0.25, -0.2) is 4.98 Å². The van der Waals surface area contributed by atoms with Crippen LogP contribution in [0.4, 0.5) is 0 Å². The van der Waals surface area contributed by atoms with Gasteiger partial charge in [0.25, 0.3) is 0 Å². The first-order valence-corrected chi connectivity index (χ1v) is 3.35. The Bertz CT molecular complexity index is 191. The predicted octanol–water partition coefficient (Wildman–Crippen LogP) is 1.65. The maximum absolute atomic E-state index is 4.95. The third kappa shape index (κ3) is 1.47. The van der Waals surface area contributed by atoms with E-state index in [0.717, 1.165) is 6.42 Å². The smallest absolute Gasteiger partial charge is 0.213 e. The highest BCUT2D eigenvalue weighted by molar-refractivity contribution is 5.19. The fraction of sp³-hybridized carbons (Fsp3) is 0.375. The molecule has 1 aromatic heterocycles. The number of pyridine rings is 1. The summed E-state index contributed by atoms with van der Waals surface area (Å²) in [6, 6.07) is 3.93. The maximum atomic E-state index is 4.95. The molecule has 0 atom stereocenters. The Morgan fingerprint density at radius 1 is 1.60 bits per heavy atom. The lowest BCUT2D eigenvalue weighted by atomic mass is 10.2. The van der Waals surface area contributed by atoms with Gasteiger partial charge in [0.15, 0.2) is 0 Å². The van der Waals surface area contributed by atoms with E-state index in [0.29, 0.717) is 5.88 Å². The summed E-state index contributed by atoms with van der Waals surface area (Å²) < 4.78 is 4.95. The third-order valence-corrected chi connectivity index (χ3v) is 1.42. The van der Waals surface area contributed by atoms with E-state index < -0.39 is 0 Å². The second-order valence-electron chi connectivity index (χ2n) is 2.06. The Kier molecular flexibility index (Phi) is 2.26. The van der Waals surface area contributed by atoms with Crippen molar-refractivity contribution in [1.82, 2.24) is 4.98 Å². The summed E-state index contributed by atoms with van der Waals surface area (Å²) in [4.78, 5) is 3.98. The molecule has 0 bridgehead atoms. The molecule has 0 aliphatic heterocycles.